The zero-order valence-electron chi connectivity index (χ0n) is 8.37. The minimum Gasteiger partial charge on any atom is -0.420 e. The van der Waals surface area contributed by atoms with Crippen molar-refractivity contribution in [3.05, 3.63) is 46.4 Å². The standard InChI is InChI=1S/C11H7BrFN2O/c1-7-4-5-14-11(15-7)16-10-6-8(12)2-3-9(10)13/h2-5H,1H3. The van der Waals surface area contributed by atoms with Crippen LogP contribution >= 0.6 is 15.9 Å². The van der Waals surface area contributed by atoms with Crippen LogP contribution in [-0.2, 0) is 0 Å². The van der Waals surface area contributed by atoms with Crippen molar-refractivity contribution >= 4 is 15.9 Å². The molecular weight excluding hydrogens is 275 g/mol. The molecule has 0 aliphatic rings. The van der Waals surface area contributed by atoms with Gasteiger partial charge >= 0.3 is 6.01 Å². The molecule has 0 fully saturated rings. The molecule has 1 aromatic carbocycles. The molecule has 0 atom stereocenters. The van der Waals surface area contributed by atoms with Gasteiger partial charge in [0.15, 0.2) is 11.6 Å². The van der Waals surface area contributed by atoms with Gasteiger partial charge in [0.05, 0.1) is 0 Å². The molecule has 0 unspecified atom stereocenters. The molecule has 81 valence electrons. The molecule has 0 saturated carbocycles. The number of benzene rings is 1. The van der Waals surface area contributed by atoms with E-state index in [1.807, 2.05) is 0 Å². The van der Waals surface area contributed by atoms with Crippen molar-refractivity contribution in [1.29, 1.82) is 0 Å². The summed E-state index contributed by atoms with van der Waals surface area (Å²) in [6.45, 7) is 1.80. The number of nitrogens with zero attached hydrogens (tertiary/aromatic N) is 2. The van der Waals surface area contributed by atoms with Gasteiger partial charge < -0.3 is 4.74 Å². The van der Waals surface area contributed by atoms with Crippen LogP contribution in [0.5, 0.6) is 11.8 Å². The second-order valence-electron chi connectivity index (χ2n) is 3.07. The third-order valence-electron chi connectivity index (χ3n) is 1.79. The highest BCUT2D eigenvalue weighted by molar-refractivity contribution is 9.10. The summed E-state index contributed by atoms with van der Waals surface area (Å²) >= 11 is 3.18. The van der Waals surface area contributed by atoms with Gasteiger partial charge in [0.1, 0.15) is 0 Å². The van der Waals surface area contributed by atoms with Gasteiger partial charge in [-0.15, -0.1) is 0 Å². The topological polar surface area (TPSA) is 35.0 Å². The Morgan fingerprint density at radius 2 is 2.19 bits per heavy atom. The van der Waals surface area contributed by atoms with Crippen LogP contribution in [0.15, 0.2) is 28.9 Å². The van der Waals surface area contributed by atoms with Crippen LogP contribution in [0.4, 0.5) is 4.39 Å². The number of hydrogen-bond acceptors (Lipinski definition) is 3. The monoisotopic (exact) mass is 281 g/mol. The van der Waals surface area contributed by atoms with Crippen LogP contribution < -0.4 is 4.74 Å². The Bertz CT molecular complexity index is 519. The van der Waals surface area contributed by atoms with Crippen molar-refractivity contribution < 1.29 is 9.13 Å². The third-order valence-corrected chi connectivity index (χ3v) is 2.25. The third kappa shape index (κ3) is 2.55. The maximum Gasteiger partial charge on any atom is 0.322 e. The first-order valence-electron chi connectivity index (χ1n) is 4.50. The quantitative estimate of drug-likeness (QED) is 0.847. The van der Waals surface area contributed by atoms with Crippen LogP contribution in [0.2, 0.25) is 0 Å². The molecule has 2 aromatic rings. The molecule has 0 amide bonds. The average molecular weight is 282 g/mol. The SMILES string of the molecule is Cc1ccnc(Oc2[c]c(Br)ccc2F)n1. The normalized spacial score (nSPS) is 10.2. The number of aromatic nitrogens is 2. The summed E-state index contributed by atoms with van der Waals surface area (Å²) in [6, 6.07) is 7.34. The Morgan fingerprint density at radius 3 is 2.94 bits per heavy atom. The number of halogens is 2. The van der Waals surface area contributed by atoms with E-state index in [1.54, 1.807) is 25.3 Å². The number of rotatable bonds is 2. The van der Waals surface area contributed by atoms with Crippen LogP contribution in [-0.4, -0.2) is 9.97 Å². The lowest BCUT2D eigenvalue weighted by Gasteiger charge is -2.04. The van der Waals surface area contributed by atoms with Gasteiger partial charge in [0, 0.05) is 22.4 Å². The number of hydrogen-bond donors (Lipinski definition) is 0. The van der Waals surface area contributed by atoms with Crippen LogP contribution in [0, 0.1) is 18.8 Å². The Morgan fingerprint density at radius 1 is 1.38 bits per heavy atom. The predicted octanol–water partition coefficient (Wildman–Crippen LogP) is 3.28. The lowest BCUT2D eigenvalue weighted by Crippen LogP contribution is -1.95. The van der Waals surface area contributed by atoms with Gasteiger partial charge in [-0.05, 0) is 25.1 Å². The van der Waals surface area contributed by atoms with Gasteiger partial charge in [-0.25, -0.2) is 14.4 Å². The summed E-state index contributed by atoms with van der Waals surface area (Å²) in [4.78, 5) is 7.87. The lowest BCUT2D eigenvalue weighted by atomic mass is 10.3. The van der Waals surface area contributed by atoms with Crippen molar-refractivity contribution in [2.24, 2.45) is 0 Å². The first-order chi connectivity index (χ1) is 7.65. The van der Waals surface area contributed by atoms with E-state index in [0.717, 1.165) is 5.69 Å². The molecule has 0 bridgehead atoms. The van der Waals surface area contributed by atoms with E-state index in [1.165, 1.54) is 6.07 Å². The number of aryl methyl sites for hydroxylation is 1. The van der Waals surface area contributed by atoms with Crippen molar-refractivity contribution in [2.75, 3.05) is 0 Å². The molecular formula is C11H7BrFN2O. The van der Waals surface area contributed by atoms with E-state index in [9.17, 15) is 4.39 Å². The molecule has 0 N–H and O–H groups in total. The first-order valence-corrected chi connectivity index (χ1v) is 5.29. The van der Waals surface area contributed by atoms with Crippen molar-refractivity contribution in [3.8, 4) is 11.8 Å². The molecule has 0 aliphatic heterocycles. The summed E-state index contributed by atoms with van der Waals surface area (Å²) in [7, 11) is 0. The molecule has 3 nitrogen and oxygen atoms in total. The summed E-state index contributed by atoms with van der Waals surface area (Å²) in [6.07, 6.45) is 1.55. The fraction of sp³-hybridized carbons (Fsp3) is 0.0909. The molecule has 0 spiro atoms. The molecule has 1 heterocycles. The first kappa shape index (κ1) is 11.0. The molecule has 5 heteroatoms. The summed E-state index contributed by atoms with van der Waals surface area (Å²) in [5, 5.41) is 0. The Kier molecular flexibility index (Phi) is 3.14. The highest BCUT2D eigenvalue weighted by atomic mass is 79.9. The molecule has 0 aliphatic carbocycles. The van der Waals surface area contributed by atoms with E-state index in [4.69, 9.17) is 4.74 Å². The molecule has 2 rings (SSSR count). The summed E-state index contributed by atoms with van der Waals surface area (Å²) < 4.78 is 19.1. The molecule has 16 heavy (non-hydrogen) atoms. The largest absolute Gasteiger partial charge is 0.420 e. The van der Waals surface area contributed by atoms with E-state index < -0.39 is 5.82 Å². The minimum absolute atomic E-state index is 0.0278. The van der Waals surface area contributed by atoms with Crippen molar-refractivity contribution in [2.45, 2.75) is 6.92 Å². The lowest BCUT2D eigenvalue weighted by molar-refractivity contribution is 0.408. The highest BCUT2D eigenvalue weighted by Gasteiger charge is 2.07. The van der Waals surface area contributed by atoms with E-state index in [0.29, 0.717) is 4.47 Å². The van der Waals surface area contributed by atoms with Gasteiger partial charge in [0.25, 0.3) is 0 Å². The van der Waals surface area contributed by atoms with Crippen LogP contribution in [0.25, 0.3) is 0 Å². The maximum absolute atomic E-state index is 13.3. The van der Waals surface area contributed by atoms with Gasteiger partial charge in [-0.2, -0.15) is 0 Å². The molecule has 1 radical (unpaired) electrons. The van der Waals surface area contributed by atoms with E-state index in [2.05, 4.69) is 32.0 Å². The smallest absolute Gasteiger partial charge is 0.322 e. The van der Waals surface area contributed by atoms with Crippen molar-refractivity contribution in [1.82, 2.24) is 9.97 Å². The van der Waals surface area contributed by atoms with Crippen LogP contribution in [0.1, 0.15) is 5.69 Å². The second-order valence-corrected chi connectivity index (χ2v) is 3.92. The van der Waals surface area contributed by atoms with E-state index in [-0.39, 0.29) is 11.8 Å². The zero-order valence-corrected chi connectivity index (χ0v) is 9.95. The fourth-order valence-corrected chi connectivity index (χ4v) is 1.38. The summed E-state index contributed by atoms with van der Waals surface area (Å²) in [5.41, 5.74) is 0.750. The number of ether oxygens (including phenoxy) is 1. The Hall–Kier alpha value is -1.49. The Balaban J connectivity index is 2.30. The van der Waals surface area contributed by atoms with Gasteiger partial charge in [-0.3, -0.25) is 0 Å². The molecule has 1 aromatic heterocycles. The van der Waals surface area contributed by atoms with E-state index >= 15 is 0 Å². The summed E-state index contributed by atoms with van der Waals surface area (Å²) in [5.74, 6) is -0.534. The second kappa shape index (κ2) is 4.57. The van der Waals surface area contributed by atoms with Gasteiger partial charge in [-0.1, -0.05) is 15.9 Å². The highest BCUT2D eigenvalue weighted by Crippen LogP contribution is 2.24. The zero-order chi connectivity index (χ0) is 11.5. The van der Waals surface area contributed by atoms with Gasteiger partial charge in [0.2, 0.25) is 0 Å². The molecule has 0 saturated heterocycles. The predicted molar refractivity (Wildman–Crippen MR) is 59.8 cm³/mol. The maximum atomic E-state index is 13.3. The fourth-order valence-electron chi connectivity index (χ4n) is 1.07. The van der Waals surface area contributed by atoms with Crippen molar-refractivity contribution in [3.63, 3.8) is 0 Å². The Labute approximate surface area is 100 Å². The average Bonchev–Trinajstić information content (AvgIpc) is 2.24. The minimum atomic E-state index is -0.506. The van der Waals surface area contributed by atoms with Crippen LogP contribution in [0.3, 0.4) is 0 Å².